The Morgan fingerprint density at radius 1 is 1.11 bits per heavy atom. The monoisotopic (exact) mass is 296 g/mol. The van der Waals surface area contributed by atoms with Crippen molar-refractivity contribution < 1.29 is 4.39 Å². The summed E-state index contributed by atoms with van der Waals surface area (Å²) in [7, 11) is 0. The normalized spacial score (nSPS) is 11.0. The van der Waals surface area contributed by atoms with Crippen LogP contribution in [0.3, 0.4) is 0 Å². The molecule has 2 nitrogen and oxygen atoms in total. The van der Waals surface area contributed by atoms with Crippen molar-refractivity contribution in [2.75, 3.05) is 0 Å². The molecule has 0 aliphatic rings. The van der Waals surface area contributed by atoms with Crippen molar-refractivity contribution in [1.29, 1.82) is 0 Å². The van der Waals surface area contributed by atoms with Crippen LogP contribution >= 0.6 is 34.7 Å². The SMILES string of the molecule is Fc1ccc(Sc2nc(Cl)nc3sccc23)cc1. The van der Waals surface area contributed by atoms with Gasteiger partial charge in [0.05, 0.1) is 0 Å². The van der Waals surface area contributed by atoms with E-state index in [1.807, 2.05) is 11.4 Å². The van der Waals surface area contributed by atoms with Gasteiger partial charge in [0.2, 0.25) is 5.28 Å². The average molecular weight is 297 g/mol. The molecule has 0 unspecified atom stereocenters. The zero-order chi connectivity index (χ0) is 12.5. The zero-order valence-electron chi connectivity index (χ0n) is 8.93. The summed E-state index contributed by atoms with van der Waals surface area (Å²) in [4.78, 5) is 10.1. The number of halogens is 2. The molecule has 90 valence electrons. The van der Waals surface area contributed by atoms with Gasteiger partial charge in [0.1, 0.15) is 15.7 Å². The molecule has 2 heterocycles. The van der Waals surface area contributed by atoms with Crippen molar-refractivity contribution in [3.8, 4) is 0 Å². The summed E-state index contributed by atoms with van der Waals surface area (Å²) in [5.41, 5.74) is 0. The Kier molecular flexibility index (Phi) is 3.20. The number of rotatable bonds is 2. The molecule has 0 aliphatic heterocycles. The van der Waals surface area contributed by atoms with Crippen LogP contribution < -0.4 is 0 Å². The summed E-state index contributed by atoms with van der Waals surface area (Å²) in [6.07, 6.45) is 0. The molecule has 0 amide bonds. The van der Waals surface area contributed by atoms with Crippen LogP contribution in [0.2, 0.25) is 5.28 Å². The van der Waals surface area contributed by atoms with Gasteiger partial charge in [0.25, 0.3) is 0 Å². The zero-order valence-corrected chi connectivity index (χ0v) is 11.3. The molecule has 3 rings (SSSR count). The Balaban J connectivity index is 2.03. The highest BCUT2D eigenvalue weighted by atomic mass is 35.5. The molecule has 2 aromatic heterocycles. The number of benzene rings is 1. The maximum atomic E-state index is 12.8. The molecule has 6 heteroatoms. The standard InChI is InChI=1S/C12H6ClFN2S2/c13-12-15-10-9(5-6-17-10)11(16-12)18-8-3-1-7(14)2-4-8/h1-6H. The van der Waals surface area contributed by atoms with Gasteiger partial charge < -0.3 is 0 Å². The second-order valence-corrected chi connectivity index (χ2v) is 5.79. The molecular formula is C12H6ClFN2S2. The van der Waals surface area contributed by atoms with Crippen LogP contribution in [-0.2, 0) is 0 Å². The molecule has 0 saturated carbocycles. The van der Waals surface area contributed by atoms with E-state index in [0.29, 0.717) is 0 Å². The highest BCUT2D eigenvalue weighted by Gasteiger charge is 2.09. The predicted octanol–water partition coefficient (Wildman–Crippen LogP) is 4.64. The van der Waals surface area contributed by atoms with Crippen molar-refractivity contribution >= 4 is 44.9 Å². The number of fused-ring (bicyclic) bond motifs is 1. The fourth-order valence-corrected chi connectivity index (χ4v) is 3.50. The molecule has 0 N–H and O–H groups in total. The first-order chi connectivity index (χ1) is 8.72. The van der Waals surface area contributed by atoms with Crippen molar-refractivity contribution in [3.63, 3.8) is 0 Å². The van der Waals surface area contributed by atoms with Crippen LogP contribution in [0.1, 0.15) is 0 Å². The predicted molar refractivity (Wildman–Crippen MR) is 72.9 cm³/mol. The van der Waals surface area contributed by atoms with Crippen LogP contribution in [0.15, 0.2) is 45.6 Å². The van der Waals surface area contributed by atoms with E-state index < -0.39 is 0 Å². The molecule has 1 aromatic carbocycles. The van der Waals surface area contributed by atoms with E-state index >= 15 is 0 Å². The van der Waals surface area contributed by atoms with Crippen molar-refractivity contribution in [3.05, 3.63) is 46.8 Å². The number of hydrogen-bond donors (Lipinski definition) is 0. The summed E-state index contributed by atoms with van der Waals surface area (Å²) < 4.78 is 12.8. The first-order valence-electron chi connectivity index (χ1n) is 5.06. The smallest absolute Gasteiger partial charge is 0.210 e. The lowest BCUT2D eigenvalue weighted by Crippen LogP contribution is -1.86. The van der Waals surface area contributed by atoms with Gasteiger partial charge in [-0.05, 0) is 47.3 Å². The highest BCUT2D eigenvalue weighted by molar-refractivity contribution is 7.99. The summed E-state index contributed by atoms with van der Waals surface area (Å²) in [5.74, 6) is -0.249. The quantitative estimate of drug-likeness (QED) is 0.509. The van der Waals surface area contributed by atoms with Crippen molar-refractivity contribution in [1.82, 2.24) is 9.97 Å². The maximum Gasteiger partial charge on any atom is 0.224 e. The number of hydrogen-bond acceptors (Lipinski definition) is 4. The molecule has 0 aliphatic carbocycles. The van der Waals surface area contributed by atoms with Crippen molar-refractivity contribution in [2.45, 2.75) is 9.92 Å². The highest BCUT2D eigenvalue weighted by Crippen LogP contribution is 2.34. The van der Waals surface area contributed by atoms with Crippen LogP contribution in [0, 0.1) is 5.82 Å². The van der Waals surface area contributed by atoms with Gasteiger partial charge >= 0.3 is 0 Å². The lowest BCUT2D eigenvalue weighted by atomic mass is 10.4. The lowest BCUT2D eigenvalue weighted by Gasteiger charge is -2.02. The largest absolute Gasteiger partial charge is 0.224 e. The molecule has 0 bridgehead atoms. The third kappa shape index (κ3) is 2.34. The van der Waals surface area contributed by atoms with E-state index in [9.17, 15) is 4.39 Å². The number of aromatic nitrogens is 2. The van der Waals surface area contributed by atoms with E-state index in [4.69, 9.17) is 11.6 Å². The lowest BCUT2D eigenvalue weighted by molar-refractivity contribution is 0.626. The van der Waals surface area contributed by atoms with Crippen molar-refractivity contribution in [2.24, 2.45) is 0 Å². The summed E-state index contributed by atoms with van der Waals surface area (Å²) in [6.45, 7) is 0. The van der Waals surface area contributed by atoms with E-state index in [2.05, 4.69) is 9.97 Å². The Hall–Kier alpha value is -1.17. The minimum atomic E-state index is -0.249. The molecule has 0 radical (unpaired) electrons. The van der Waals surface area contributed by atoms with Gasteiger partial charge in [-0.15, -0.1) is 11.3 Å². The topological polar surface area (TPSA) is 25.8 Å². The fourth-order valence-electron chi connectivity index (χ4n) is 1.50. The maximum absolute atomic E-state index is 12.8. The number of thiophene rings is 1. The van der Waals surface area contributed by atoms with Crippen LogP contribution in [-0.4, -0.2) is 9.97 Å². The average Bonchev–Trinajstić information content (AvgIpc) is 2.80. The fraction of sp³-hybridized carbons (Fsp3) is 0. The van der Waals surface area contributed by atoms with Gasteiger partial charge in [-0.1, -0.05) is 11.8 Å². The van der Waals surface area contributed by atoms with Gasteiger partial charge in [-0.2, -0.15) is 0 Å². The summed E-state index contributed by atoms with van der Waals surface area (Å²) in [6, 6.07) is 8.25. The molecule has 18 heavy (non-hydrogen) atoms. The molecule has 0 saturated heterocycles. The van der Waals surface area contributed by atoms with Crippen LogP contribution in [0.25, 0.3) is 10.2 Å². The molecule has 0 spiro atoms. The van der Waals surface area contributed by atoms with E-state index in [1.54, 1.807) is 12.1 Å². The molecule has 0 fully saturated rings. The third-order valence-corrected chi connectivity index (χ3v) is 4.28. The Morgan fingerprint density at radius 2 is 1.89 bits per heavy atom. The van der Waals surface area contributed by atoms with Crippen LogP contribution in [0.4, 0.5) is 4.39 Å². The number of nitrogens with zero attached hydrogens (tertiary/aromatic N) is 2. The Morgan fingerprint density at radius 3 is 2.67 bits per heavy atom. The molecular weight excluding hydrogens is 291 g/mol. The minimum Gasteiger partial charge on any atom is -0.210 e. The van der Waals surface area contributed by atoms with Gasteiger partial charge in [0, 0.05) is 10.3 Å². The van der Waals surface area contributed by atoms with E-state index in [-0.39, 0.29) is 11.1 Å². The summed E-state index contributed by atoms with van der Waals surface area (Å²) >= 11 is 8.85. The second kappa shape index (κ2) is 4.84. The minimum absolute atomic E-state index is 0.231. The van der Waals surface area contributed by atoms with Gasteiger partial charge in [-0.25, -0.2) is 14.4 Å². The van der Waals surface area contributed by atoms with Crippen LogP contribution in [0.5, 0.6) is 0 Å². The first-order valence-corrected chi connectivity index (χ1v) is 7.14. The first kappa shape index (κ1) is 11.9. The Labute approximate surface area is 116 Å². The molecule has 0 atom stereocenters. The van der Waals surface area contributed by atoms with E-state index in [0.717, 1.165) is 20.1 Å². The molecule has 3 aromatic rings. The second-order valence-electron chi connectivity index (χ2n) is 3.49. The Bertz CT molecular complexity index is 697. The van der Waals surface area contributed by atoms with E-state index in [1.165, 1.54) is 35.2 Å². The third-order valence-electron chi connectivity index (χ3n) is 2.29. The summed E-state index contributed by atoms with van der Waals surface area (Å²) in [5, 5.41) is 3.94. The van der Waals surface area contributed by atoms with Gasteiger partial charge in [0.15, 0.2) is 0 Å². The van der Waals surface area contributed by atoms with Gasteiger partial charge in [-0.3, -0.25) is 0 Å².